The van der Waals surface area contributed by atoms with Crippen molar-refractivity contribution in [3.63, 3.8) is 0 Å². The number of carbonyl (C=O) groups excluding carboxylic acids is 2. The van der Waals surface area contributed by atoms with Crippen molar-refractivity contribution in [2.24, 2.45) is 0 Å². The molecule has 1 N–H and O–H groups in total. The standard InChI is InChI=1S/C32H33FN2O3/c1-2-3-20-34-32(37)29(21-24-10-5-4-6-11-24)35(22-25-16-18-27(33)19-17-25)31(36)23-38-30-15-9-13-26-12-7-8-14-28(26)30/h4-19,29H,2-3,20-23H2,1H3,(H,34,37). The lowest BCUT2D eigenvalue weighted by atomic mass is 10.0. The van der Waals surface area contributed by atoms with Crippen molar-refractivity contribution in [2.75, 3.05) is 13.2 Å². The highest BCUT2D eigenvalue weighted by molar-refractivity contribution is 5.90. The molecule has 0 radical (unpaired) electrons. The summed E-state index contributed by atoms with van der Waals surface area (Å²) in [5.74, 6) is -0.300. The Labute approximate surface area is 223 Å². The van der Waals surface area contributed by atoms with Crippen molar-refractivity contribution < 1.29 is 18.7 Å². The van der Waals surface area contributed by atoms with Gasteiger partial charge in [0.25, 0.3) is 5.91 Å². The van der Waals surface area contributed by atoms with Crippen molar-refractivity contribution in [3.8, 4) is 5.75 Å². The van der Waals surface area contributed by atoms with Gasteiger partial charge in [-0.3, -0.25) is 9.59 Å². The minimum atomic E-state index is -0.761. The van der Waals surface area contributed by atoms with Gasteiger partial charge >= 0.3 is 0 Å². The molecule has 0 spiro atoms. The van der Waals surface area contributed by atoms with E-state index in [2.05, 4.69) is 12.2 Å². The van der Waals surface area contributed by atoms with Crippen LogP contribution in [0.4, 0.5) is 4.39 Å². The Morgan fingerprint density at radius 1 is 0.868 bits per heavy atom. The summed E-state index contributed by atoms with van der Waals surface area (Å²) in [4.78, 5) is 28.7. The number of nitrogens with zero attached hydrogens (tertiary/aromatic N) is 1. The van der Waals surface area contributed by atoms with E-state index in [-0.39, 0.29) is 30.8 Å². The topological polar surface area (TPSA) is 58.6 Å². The van der Waals surface area contributed by atoms with Crippen molar-refractivity contribution in [2.45, 2.75) is 38.8 Å². The van der Waals surface area contributed by atoms with E-state index in [1.165, 1.54) is 12.1 Å². The second-order valence-electron chi connectivity index (χ2n) is 9.26. The number of benzene rings is 4. The number of halogens is 1. The van der Waals surface area contributed by atoms with E-state index in [1.807, 2.05) is 72.8 Å². The molecule has 4 aromatic carbocycles. The smallest absolute Gasteiger partial charge is 0.261 e. The molecule has 38 heavy (non-hydrogen) atoms. The van der Waals surface area contributed by atoms with E-state index in [0.717, 1.165) is 34.7 Å². The van der Waals surface area contributed by atoms with Crippen LogP contribution in [-0.4, -0.2) is 35.9 Å². The van der Waals surface area contributed by atoms with Crippen LogP contribution in [0.2, 0.25) is 0 Å². The normalized spacial score (nSPS) is 11.6. The molecule has 0 bridgehead atoms. The van der Waals surface area contributed by atoms with Crippen LogP contribution in [0.5, 0.6) is 5.75 Å². The molecular formula is C32H33FN2O3. The minimum absolute atomic E-state index is 0.150. The Hall–Kier alpha value is -4.19. The monoisotopic (exact) mass is 512 g/mol. The fraction of sp³-hybridized carbons (Fsp3) is 0.250. The zero-order valence-corrected chi connectivity index (χ0v) is 21.6. The Bertz CT molecular complexity index is 1340. The first-order valence-electron chi connectivity index (χ1n) is 13.0. The Morgan fingerprint density at radius 2 is 1.58 bits per heavy atom. The van der Waals surface area contributed by atoms with Gasteiger partial charge in [0.1, 0.15) is 17.6 Å². The van der Waals surface area contributed by atoms with E-state index >= 15 is 0 Å². The van der Waals surface area contributed by atoms with Crippen LogP contribution < -0.4 is 10.1 Å². The number of unbranched alkanes of at least 4 members (excludes halogenated alkanes) is 1. The second-order valence-corrected chi connectivity index (χ2v) is 9.26. The van der Waals surface area contributed by atoms with Crippen LogP contribution in [0, 0.1) is 5.82 Å². The maximum Gasteiger partial charge on any atom is 0.261 e. The molecule has 0 fully saturated rings. The molecule has 1 atom stereocenters. The van der Waals surface area contributed by atoms with Gasteiger partial charge in [-0.05, 0) is 41.1 Å². The van der Waals surface area contributed by atoms with E-state index in [9.17, 15) is 14.0 Å². The quantitative estimate of drug-likeness (QED) is 0.240. The number of hydrogen-bond acceptors (Lipinski definition) is 3. The summed E-state index contributed by atoms with van der Waals surface area (Å²) in [5, 5.41) is 4.92. The summed E-state index contributed by atoms with van der Waals surface area (Å²) in [5.41, 5.74) is 1.67. The van der Waals surface area contributed by atoms with E-state index < -0.39 is 6.04 Å². The molecule has 196 valence electrons. The summed E-state index contributed by atoms with van der Waals surface area (Å²) in [7, 11) is 0. The third-order valence-corrected chi connectivity index (χ3v) is 6.47. The molecule has 0 saturated heterocycles. The molecule has 0 aliphatic rings. The summed E-state index contributed by atoms with van der Waals surface area (Å²) in [6.07, 6.45) is 2.14. The van der Waals surface area contributed by atoms with Gasteiger partial charge in [-0.25, -0.2) is 4.39 Å². The molecule has 4 rings (SSSR count). The average molecular weight is 513 g/mol. The Morgan fingerprint density at radius 3 is 2.34 bits per heavy atom. The summed E-state index contributed by atoms with van der Waals surface area (Å²) >= 11 is 0. The SMILES string of the molecule is CCCCNC(=O)C(Cc1ccccc1)N(Cc1ccc(F)cc1)C(=O)COc1cccc2ccccc12. The van der Waals surface area contributed by atoms with Crippen LogP contribution in [0.25, 0.3) is 10.8 Å². The average Bonchev–Trinajstić information content (AvgIpc) is 2.95. The van der Waals surface area contributed by atoms with Gasteiger partial charge in [0, 0.05) is 24.9 Å². The highest BCUT2D eigenvalue weighted by Crippen LogP contribution is 2.25. The number of hydrogen-bond donors (Lipinski definition) is 1. The molecule has 6 heteroatoms. The van der Waals surface area contributed by atoms with Gasteiger partial charge in [0.2, 0.25) is 5.91 Å². The van der Waals surface area contributed by atoms with Crippen molar-refractivity contribution >= 4 is 22.6 Å². The number of amides is 2. The van der Waals surface area contributed by atoms with Gasteiger partial charge in [0.15, 0.2) is 6.61 Å². The molecule has 0 aliphatic heterocycles. The fourth-order valence-corrected chi connectivity index (χ4v) is 4.39. The maximum absolute atomic E-state index is 13.7. The van der Waals surface area contributed by atoms with Crippen LogP contribution in [0.15, 0.2) is 97.1 Å². The lowest BCUT2D eigenvalue weighted by Crippen LogP contribution is -2.51. The van der Waals surface area contributed by atoms with Crippen LogP contribution in [0.3, 0.4) is 0 Å². The van der Waals surface area contributed by atoms with E-state index in [0.29, 0.717) is 18.7 Å². The fourth-order valence-electron chi connectivity index (χ4n) is 4.39. The highest BCUT2D eigenvalue weighted by atomic mass is 19.1. The Balaban J connectivity index is 1.62. The molecule has 0 aromatic heterocycles. The third-order valence-electron chi connectivity index (χ3n) is 6.47. The largest absolute Gasteiger partial charge is 0.483 e. The Kier molecular flexibility index (Phi) is 9.46. The second kappa shape index (κ2) is 13.4. The lowest BCUT2D eigenvalue weighted by molar-refractivity contribution is -0.142. The zero-order chi connectivity index (χ0) is 26.7. The van der Waals surface area contributed by atoms with Crippen molar-refractivity contribution in [1.82, 2.24) is 10.2 Å². The predicted molar refractivity (Wildman–Crippen MR) is 148 cm³/mol. The van der Waals surface area contributed by atoms with Gasteiger partial charge in [0.05, 0.1) is 0 Å². The number of fused-ring (bicyclic) bond motifs is 1. The number of rotatable bonds is 12. The van der Waals surface area contributed by atoms with E-state index in [1.54, 1.807) is 17.0 Å². The molecule has 5 nitrogen and oxygen atoms in total. The van der Waals surface area contributed by atoms with Crippen molar-refractivity contribution in [3.05, 3.63) is 114 Å². The van der Waals surface area contributed by atoms with Crippen LogP contribution >= 0.6 is 0 Å². The zero-order valence-electron chi connectivity index (χ0n) is 21.6. The molecule has 2 amide bonds. The molecule has 0 saturated carbocycles. The lowest BCUT2D eigenvalue weighted by Gasteiger charge is -2.31. The number of ether oxygens (including phenoxy) is 1. The molecule has 0 heterocycles. The molecule has 0 aliphatic carbocycles. The predicted octanol–water partition coefficient (Wildman–Crippen LogP) is 5.91. The third kappa shape index (κ3) is 7.19. The first-order chi connectivity index (χ1) is 18.5. The van der Waals surface area contributed by atoms with Gasteiger partial charge in [-0.2, -0.15) is 0 Å². The van der Waals surface area contributed by atoms with Gasteiger partial charge < -0.3 is 15.0 Å². The summed E-state index contributed by atoms with van der Waals surface area (Å²) in [6, 6.07) is 28.4. The highest BCUT2D eigenvalue weighted by Gasteiger charge is 2.30. The molecular weight excluding hydrogens is 479 g/mol. The number of nitrogens with one attached hydrogen (secondary N) is 1. The van der Waals surface area contributed by atoms with Gasteiger partial charge in [-0.1, -0.05) is 92.2 Å². The minimum Gasteiger partial charge on any atom is -0.483 e. The summed E-state index contributed by atoms with van der Waals surface area (Å²) in [6.45, 7) is 2.51. The van der Waals surface area contributed by atoms with Crippen LogP contribution in [0.1, 0.15) is 30.9 Å². The first-order valence-corrected chi connectivity index (χ1v) is 13.0. The first kappa shape index (κ1) is 26.9. The summed E-state index contributed by atoms with van der Waals surface area (Å²) < 4.78 is 19.6. The van der Waals surface area contributed by atoms with Crippen molar-refractivity contribution in [1.29, 1.82) is 0 Å². The number of carbonyl (C=O) groups is 2. The maximum atomic E-state index is 13.7. The molecule has 1 unspecified atom stereocenters. The molecule has 4 aromatic rings. The van der Waals surface area contributed by atoms with E-state index in [4.69, 9.17) is 4.74 Å². The van der Waals surface area contributed by atoms with Crippen LogP contribution in [-0.2, 0) is 22.6 Å². The van der Waals surface area contributed by atoms with Gasteiger partial charge in [-0.15, -0.1) is 0 Å².